The van der Waals surface area contributed by atoms with Crippen LogP contribution in [0.15, 0.2) is 48.9 Å². The second kappa shape index (κ2) is 4.61. The number of anilines is 1. The molecule has 18 heavy (non-hydrogen) atoms. The summed E-state index contributed by atoms with van der Waals surface area (Å²) in [4.78, 5) is 3.20. The lowest BCUT2D eigenvalue weighted by Crippen LogP contribution is -1.98. The van der Waals surface area contributed by atoms with Crippen LogP contribution in [0, 0.1) is 0 Å². The van der Waals surface area contributed by atoms with Gasteiger partial charge < -0.3 is 14.9 Å². The molecule has 2 heterocycles. The second-order valence-electron chi connectivity index (χ2n) is 4.48. The smallest absolute Gasteiger partial charge is 0.0455 e. The van der Waals surface area contributed by atoms with Crippen molar-refractivity contribution in [2.45, 2.75) is 20.0 Å². The summed E-state index contributed by atoms with van der Waals surface area (Å²) < 4.78 is 2.19. The number of rotatable bonds is 4. The highest BCUT2D eigenvalue weighted by Crippen LogP contribution is 2.18. The van der Waals surface area contributed by atoms with Gasteiger partial charge in [0.2, 0.25) is 0 Å². The summed E-state index contributed by atoms with van der Waals surface area (Å²) >= 11 is 0. The summed E-state index contributed by atoms with van der Waals surface area (Å²) in [7, 11) is 0. The van der Waals surface area contributed by atoms with E-state index in [4.69, 9.17) is 0 Å². The van der Waals surface area contributed by atoms with E-state index in [1.54, 1.807) is 0 Å². The van der Waals surface area contributed by atoms with Gasteiger partial charge in [-0.2, -0.15) is 0 Å². The van der Waals surface area contributed by atoms with E-state index in [9.17, 15) is 0 Å². The van der Waals surface area contributed by atoms with E-state index in [1.807, 2.05) is 6.20 Å². The van der Waals surface area contributed by atoms with Crippen molar-refractivity contribution >= 4 is 16.6 Å². The first-order valence-electron chi connectivity index (χ1n) is 6.31. The highest BCUT2D eigenvalue weighted by Gasteiger charge is 1.98. The number of fused-ring (bicyclic) bond motifs is 1. The fraction of sp³-hybridized carbons (Fsp3) is 0.200. The minimum atomic E-state index is 0.864. The molecule has 0 aliphatic heterocycles. The number of benzene rings is 1. The minimum absolute atomic E-state index is 0.864. The van der Waals surface area contributed by atoms with Gasteiger partial charge in [0.05, 0.1) is 0 Å². The first-order chi connectivity index (χ1) is 8.85. The van der Waals surface area contributed by atoms with Crippen LogP contribution in [0.25, 0.3) is 10.9 Å². The van der Waals surface area contributed by atoms with Gasteiger partial charge in [0.1, 0.15) is 0 Å². The Bertz CT molecular complexity index is 648. The quantitative estimate of drug-likeness (QED) is 0.716. The zero-order valence-electron chi connectivity index (χ0n) is 10.5. The molecule has 0 spiro atoms. The van der Waals surface area contributed by atoms with E-state index in [2.05, 4.69) is 64.5 Å². The Kier molecular flexibility index (Phi) is 2.81. The standard InChI is InChI=1S/C15H17N3/c1-2-18-8-6-12(11-18)10-17-14-3-4-15-13(9-14)5-7-16-15/h3-9,11,16-17H,2,10H2,1H3. The predicted octanol–water partition coefficient (Wildman–Crippen LogP) is 3.60. The SMILES string of the molecule is CCn1ccc(CNc2ccc3[nH]ccc3c2)c1. The molecule has 2 N–H and O–H groups in total. The van der Waals surface area contributed by atoms with E-state index in [1.165, 1.54) is 16.5 Å². The Hall–Kier alpha value is -2.16. The normalized spacial score (nSPS) is 10.9. The van der Waals surface area contributed by atoms with Gasteiger partial charge in [-0.15, -0.1) is 0 Å². The highest BCUT2D eigenvalue weighted by molar-refractivity contribution is 5.82. The molecule has 0 bridgehead atoms. The monoisotopic (exact) mass is 239 g/mol. The van der Waals surface area contributed by atoms with E-state index in [0.717, 1.165) is 18.8 Å². The van der Waals surface area contributed by atoms with E-state index in [0.29, 0.717) is 0 Å². The molecular weight excluding hydrogens is 222 g/mol. The number of nitrogens with zero attached hydrogens (tertiary/aromatic N) is 1. The van der Waals surface area contributed by atoms with Crippen LogP contribution in [0.1, 0.15) is 12.5 Å². The average molecular weight is 239 g/mol. The lowest BCUT2D eigenvalue weighted by atomic mass is 10.2. The van der Waals surface area contributed by atoms with Gasteiger partial charge in [-0.25, -0.2) is 0 Å². The van der Waals surface area contributed by atoms with Gasteiger partial charge in [-0.3, -0.25) is 0 Å². The van der Waals surface area contributed by atoms with Crippen LogP contribution < -0.4 is 5.32 Å². The van der Waals surface area contributed by atoms with Crippen molar-refractivity contribution in [1.82, 2.24) is 9.55 Å². The van der Waals surface area contributed by atoms with Gasteiger partial charge >= 0.3 is 0 Å². The van der Waals surface area contributed by atoms with Gasteiger partial charge in [-0.05, 0) is 42.8 Å². The van der Waals surface area contributed by atoms with E-state index in [-0.39, 0.29) is 0 Å². The number of aromatic amines is 1. The first kappa shape index (κ1) is 11.0. The zero-order chi connectivity index (χ0) is 12.4. The minimum Gasteiger partial charge on any atom is -0.381 e. The third-order valence-corrected chi connectivity index (χ3v) is 3.23. The van der Waals surface area contributed by atoms with Gasteiger partial charge in [0, 0.05) is 48.3 Å². The third kappa shape index (κ3) is 2.12. The average Bonchev–Trinajstić information content (AvgIpc) is 3.04. The number of hydrogen-bond donors (Lipinski definition) is 2. The molecule has 1 aromatic carbocycles. The molecule has 0 fully saturated rings. The molecule has 0 radical (unpaired) electrons. The molecular formula is C15H17N3. The summed E-state index contributed by atoms with van der Waals surface area (Å²) in [6.07, 6.45) is 6.27. The van der Waals surface area contributed by atoms with Crippen molar-refractivity contribution < 1.29 is 0 Å². The largest absolute Gasteiger partial charge is 0.381 e. The summed E-state index contributed by atoms with van der Waals surface area (Å²) in [5, 5.41) is 4.69. The zero-order valence-corrected chi connectivity index (χ0v) is 10.5. The molecule has 2 aromatic heterocycles. The molecule has 3 nitrogen and oxygen atoms in total. The molecule has 0 unspecified atom stereocenters. The topological polar surface area (TPSA) is 32.8 Å². The van der Waals surface area contributed by atoms with Gasteiger partial charge in [0.25, 0.3) is 0 Å². The fourth-order valence-electron chi connectivity index (χ4n) is 2.16. The van der Waals surface area contributed by atoms with Crippen LogP contribution in [0.5, 0.6) is 0 Å². The summed E-state index contributed by atoms with van der Waals surface area (Å²) in [5.41, 5.74) is 3.65. The molecule has 92 valence electrons. The number of H-pyrrole nitrogens is 1. The molecule has 0 atom stereocenters. The van der Waals surface area contributed by atoms with E-state index < -0.39 is 0 Å². The van der Waals surface area contributed by atoms with Crippen molar-refractivity contribution in [3.63, 3.8) is 0 Å². The molecule has 0 saturated carbocycles. The summed E-state index contributed by atoms with van der Waals surface area (Å²) in [6.45, 7) is 4.04. The number of aromatic nitrogens is 2. The van der Waals surface area contributed by atoms with E-state index >= 15 is 0 Å². The van der Waals surface area contributed by atoms with Crippen molar-refractivity contribution in [2.24, 2.45) is 0 Å². The summed E-state index contributed by atoms with van der Waals surface area (Å²) in [6, 6.07) is 10.6. The Balaban J connectivity index is 1.72. The van der Waals surface area contributed by atoms with Crippen LogP contribution in [0.2, 0.25) is 0 Å². The van der Waals surface area contributed by atoms with Crippen molar-refractivity contribution in [1.29, 1.82) is 0 Å². The van der Waals surface area contributed by atoms with Crippen LogP contribution in [0.4, 0.5) is 5.69 Å². The molecule has 3 rings (SSSR count). The number of aryl methyl sites for hydroxylation is 1. The van der Waals surface area contributed by atoms with Crippen LogP contribution in [-0.2, 0) is 13.1 Å². The van der Waals surface area contributed by atoms with Crippen molar-refractivity contribution in [2.75, 3.05) is 5.32 Å². The molecule has 0 aliphatic rings. The lowest BCUT2D eigenvalue weighted by Gasteiger charge is -2.05. The molecule has 3 heteroatoms. The van der Waals surface area contributed by atoms with Gasteiger partial charge in [-0.1, -0.05) is 0 Å². The Morgan fingerprint density at radius 2 is 2.17 bits per heavy atom. The molecule has 3 aromatic rings. The Morgan fingerprint density at radius 3 is 3.00 bits per heavy atom. The molecule has 0 amide bonds. The maximum absolute atomic E-state index is 3.45. The molecule has 0 aliphatic carbocycles. The summed E-state index contributed by atoms with van der Waals surface area (Å²) in [5.74, 6) is 0. The predicted molar refractivity (Wildman–Crippen MR) is 75.7 cm³/mol. The third-order valence-electron chi connectivity index (χ3n) is 3.23. The fourth-order valence-corrected chi connectivity index (χ4v) is 2.16. The Morgan fingerprint density at radius 1 is 1.22 bits per heavy atom. The van der Waals surface area contributed by atoms with Crippen LogP contribution in [0.3, 0.4) is 0 Å². The lowest BCUT2D eigenvalue weighted by molar-refractivity contribution is 0.766. The second-order valence-corrected chi connectivity index (χ2v) is 4.48. The Labute approximate surface area is 106 Å². The maximum Gasteiger partial charge on any atom is 0.0455 e. The van der Waals surface area contributed by atoms with Crippen LogP contribution in [-0.4, -0.2) is 9.55 Å². The highest BCUT2D eigenvalue weighted by atomic mass is 14.9. The maximum atomic E-state index is 3.45. The van der Waals surface area contributed by atoms with Crippen LogP contribution >= 0.6 is 0 Å². The van der Waals surface area contributed by atoms with Crippen molar-refractivity contribution in [3.8, 4) is 0 Å². The number of nitrogens with one attached hydrogen (secondary N) is 2. The number of hydrogen-bond acceptors (Lipinski definition) is 1. The van der Waals surface area contributed by atoms with Crippen molar-refractivity contribution in [3.05, 3.63) is 54.5 Å². The molecule has 0 saturated heterocycles. The van der Waals surface area contributed by atoms with Gasteiger partial charge in [0.15, 0.2) is 0 Å². The first-order valence-corrected chi connectivity index (χ1v) is 6.31.